The van der Waals surface area contributed by atoms with Crippen LogP contribution in [0.25, 0.3) is 0 Å². The van der Waals surface area contributed by atoms with Crippen LogP contribution in [-0.4, -0.2) is 44.6 Å². The second-order valence-corrected chi connectivity index (χ2v) is 12.2. The van der Waals surface area contributed by atoms with Crippen molar-refractivity contribution < 1.29 is 53.9 Å². The van der Waals surface area contributed by atoms with E-state index in [-0.39, 0.29) is 42.4 Å². The van der Waals surface area contributed by atoms with Gasteiger partial charge in [0.1, 0.15) is 17.5 Å². The van der Waals surface area contributed by atoms with Crippen LogP contribution in [0.1, 0.15) is 17.5 Å². The van der Waals surface area contributed by atoms with Gasteiger partial charge in [-0.3, -0.25) is 4.79 Å². The van der Waals surface area contributed by atoms with E-state index < -0.39 is 47.5 Å². The Labute approximate surface area is 238 Å². The molecule has 0 heterocycles. The maximum Gasteiger partial charge on any atom is 0.442 e. The van der Waals surface area contributed by atoms with Crippen molar-refractivity contribution in [3.63, 3.8) is 0 Å². The van der Waals surface area contributed by atoms with E-state index in [1.54, 1.807) is 6.07 Å². The van der Waals surface area contributed by atoms with E-state index in [0.717, 1.165) is 24.3 Å². The normalized spacial score (nSPS) is 14.2. The first kappa shape index (κ1) is 33.0. The number of nitrogens with one attached hydrogen (secondary N) is 2. The van der Waals surface area contributed by atoms with Crippen LogP contribution < -0.4 is 19.3 Å². The van der Waals surface area contributed by atoms with Crippen molar-refractivity contribution in [2.75, 3.05) is 13.2 Å². The van der Waals surface area contributed by atoms with Gasteiger partial charge in [0.15, 0.2) is 0 Å². The van der Waals surface area contributed by atoms with Crippen LogP contribution in [0.15, 0.2) is 83.8 Å². The molecule has 9 nitrogen and oxygen atoms in total. The summed E-state index contributed by atoms with van der Waals surface area (Å²) in [5, 5.41) is 2.57. The number of carbonyl (C=O) groups is 1. The molecule has 0 aliphatic rings. The standard InChI is InChI=1S/C26H26F5N2O7PS/c27-25(28)41(35,36)40-21-11-7-18(8-12-21)17-23(33-42(37,38)22-5-2-1-3-6-22)24(34)32-15-4-16-39-20-13-9-19(10-14-20)26(29,30)31/h1-3,5-14,23,25,33H,4,15-17H2,(H,32,34)(H,35,36)/t23-/m0/s1. The van der Waals surface area contributed by atoms with Gasteiger partial charge in [-0.15, -0.1) is 0 Å². The fraction of sp³-hybridized carbons (Fsp3) is 0.269. The second kappa shape index (κ2) is 14.1. The fourth-order valence-electron chi connectivity index (χ4n) is 3.49. The molecule has 0 spiro atoms. The summed E-state index contributed by atoms with van der Waals surface area (Å²) in [7, 11) is -9.34. The van der Waals surface area contributed by atoms with E-state index in [0.29, 0.717) is 5.56 Å². The quantitative estimate of drug-likeness (QED) is 0.129. The third kappa shape index (κ3) is 9.79. The first-order valence-electron chi connectivity index (χ1n) is 12.2. The fourth-order valence-corrected chi connectivity index (χ4v) is 5.21. The van der Waals surface area contributed by atoms with Gasteiger partial charge in [0.25, 0.3) is 0 Å². The number of sulfonamides is 1. The number of rotatable bonds is 14. The van der Waals surface area contributed by atoms with Crippen LogP contribution in [-0.2, 0) is 32.0 Å². The molecule has 1 unspecified atom stereocenters. The van der Waals surface area contributed by atoms with Gasteiger partial charge >= 0.3 is 19.9 Å². The Morgan fingerprint density at radius 1 is 0.929 bits per heavy atom. The molecule has 0 saturated carbocycles. The summed E-state index contributed by atoms with van der Waals surface area (Å²) in [5.74, 6) is -0.841. The van der Waals surface area contributed by atoms with Crippen molar-refractivity contribution in [3.05, 3.63) is 90.0 Å². The first-order valence-corrected chi connectivity index (χ1v) is 15.3. The van der Waals surface area contributed by atoms with Crippen LogP contribution in [0.2, 0.25) is 0 Å². The van der Waals surface area contributed by atoms with Gasteiger partial charge in [-0.1, -0.05) is 30.3 Å². The van der Waals surface area contributed by atoms with Gasteiger partial charge < -0.3 is 19.5 Å². The Balaban J connectivity index is 1.63. The minimum Gasteiger partial charge on any atom is -0.494 e. The predicted octanol–water partition coefficient (Wildman–Crippen LogP) is 4.97. The van der Waals surface area contributed by atoms with Crippen LogP contribution in [0, 0.1) is 0 Å². The van der Waals surface area contributed by atoms with Crippen molar-refractivity contribution in [2.24, 2.45) is 0 Å². The smallest absolute Gasteiger partial charge is 0.442 e. The van der Waals surface area contributed by atoms with Crippen LogP contribution in [0.3, 0.4) is 0 Å². The van der Waals surface area contributed by atoms with Gasteiger partial charge in [-0.25, -0.2) is 13.0 Å². The summed E-state index contributed by atoms with van der Waals surface area (Å²) in [5.41, 5.74) is -0.455. The van der Waals surface area contributed by atoms with E-state index >= 15 is 0 Å². The molecule has 42 heavy (non-hydrogen) atoms. The summed E-state index contributed by atoms with van der Waals surface area (Å²) in [6.07, 6.45) is -8.04. The Morgan fingerprint density at radius 3 is 2.10 bits per heavy atom. The third-order valence-corrected chi connectivity index (χ3v) is 8.04. The SMILES string of the molecule is O=C(NCCCOc1ccc(C(F)(F)F)cc1)[C@H](Cc1ccc(OP(=O)(O)C(F)F)cc1)NS(=O)(=O)c1ccccc1. The molecule has 0 bridgehead atoms. The van der Waals surface area contributed by atoms with E-state index in [9.17, 15) is 44.6 Å². The number of alkyl halides is 5. The van der Waals surface area contributed by atoms with Crippen LogP contribution in [0.4, 0.5) is 22.0 Å². The molecule has 228 valence electrons. The molecule has 0 radical (unpaired) electrons. The highest BCUT2D eigenvalue weighted by Crippen LogP contribution is 2.48. The second-order valence-electron chi connectivity index (χ2n) is 8.78. The average Bonchev–Trinajstić information content (AvgIpc) is 2.93. The maximum absolute atomic E-state index is 13.0. The summed E-state index contributed by atoms with van der Waals surface area (Å²) < 4.78 is 113. The third-order valence-electron chi connectivity index (χ3n) is 5.58. The number of carbonyl (C=O) groups excluding carboxylic acids is 1. The molecule has 0 aliphatic heterocycles. The molecule has 3 rings (SSSR count). The van der Waals surface area contributed by atoms with Gasteiger partial charge in [0.05, 0.1) is 17.1 Å². The molecular weight excluding hydrogens is 610 g/mol. The number of amides is 1. The largest absolute Gasteiger partial charge is 0.494 e. The molecule has 2 atom stereocenters. The lowest BCUT2D eigenvalue weighted by molar-refractivity contribution is -0.137. The van der Waals surface area contributed by atoms with Gasteiger partial charge in [-0.2, -0.15) is 26.7 Å². The lowest BCUT2D eigenvalue weighted by Crippen LogP contribution is -2.48. The highest BCUT2D eigenvalue weighted by Gasteiger charge is 2.34. The van der Waals surface area contributed by atoms with Crippen molar-refractivity contribution in [3.8, 4) is 11.5 Å². The van der Waals surface area contributed by atoms with Gasteiger partial charge in [0.2, 0.25) is 15.9 Å². The van der Waals surface area contributed by atoms with Gasteiger partial charge in [0, 0.05) is 6.54 Å². The monoisotopic (exact) mass is 636 g/mol. The molecule has 3 aromatic rings. The molecule has 16 heteroatoms. The van der Waals surface area contributed by atoms with Crippen LogP contribution >= 0.6 is 7.60 Å². The average molecular weight is 637 g/mol. The minimum atomic E-state index is -5.20. The van der Waals surface area contributed by atoms with Crippen molar-refractivity contribution >= 4 is 23.5 Å². The number of benzene rings is 3. The zero-order valence-electron chi connectivity index (χ0n) is 21.6. The maximum atomic E-state index is 13.0. The first-order chi connectivity index (χ1) is 19.7. The number of hydrogen-bond donors (Lipinski definition) is 3. The molecule has 0 aromatic heterocycles. The minimum absolute atomic E-state index is 0.0369. The molecule has 0 aliphatic carbocycles. The molecule has 0 fully saturated rings. The molecule has 3 N–H and O–H groups in total. The van der Waals surface area contributed by atoms with Gasteiger partial charge in [-0.05, 0) is 66.9 Å². The van der Waals surface area contributed by atoms with E-state index in [1.165, 1.54) is 48.5 Å². The highest BCUT2D eigenvalue weighted by atomic mass is 32.2. The van der Waals surface area contributed by atoms with E-state index in [1.807, 2.05) is 0 Å². The number of hydrogen-bond acceptors (Lipinski definition) is 6. The summed E-state index contributed by atoms with van der Waals surface area (Å²) in [4.78, 5) is 22.1. The van der Waals surface area contributed by atoms with E-state index in [2.05, 4.69) is 14.6 Å². The van der Waals surface area contributed by atoms with Crippen molar-refractivity contribution in [1.82, 2.24) is 10.0 Å². The number of ether oxygens (including phenoxy) is 1. The topological polar surface area (TPSA) is 131 Å². The lowest BCUT2D eigenvalue weighted by Gasteiger charge is -2.19. The van der Waals surface area contributed by atoms with E-state index in [4.69, 9.17) is 4.74 Å². The summed E-state index contributed by atoms with van der Waals surface area (Å²) >= 11 is 0. The molecule has 0 saturated heterocycles. The highest BCUT2D eigenvalue weighted by molar-refractivity contribution is 7.89. The summed E-state index contributed by atoms with van der Waals surface area (Å²) in [6.45, 7) is 0.0794. The molecule has 1 amide bonds. The molecule has 3 aromatic carbocycles. The Morgan fingerprint density at radius 2 is 1.52 bits per heavy atom. The Hall–Kier alpha value is -3.52. The summed E-state index contributed by atoms with van der Waals surface area (Å²) in [6, 6.07) is 14.9. The number of halogens is 5. The Kier molecular flexibility index (Phi) is 11.1. The van der Waals surface area contributed by atoms with Crippen molar-refractivity contribution in [2.45, 2.75) is 36.1 Å². The Bertz CT molecular complexity index is 1470. The zero-order valence-corrected chi connectivity index (χ0v) is 23.3. The lowest BCUT2D eigenvalue weighted by atomic mass is 10.1. The zero-order chi connectivity index (χ0) is 31.0. The predicted molar refractivity (Wildman–Crippen MR) is 142 cm³/mol. The molecular formula is C26H26F5N2O7PS. The van der Waals surface area contributed by atoms with Crippen LogP contribution in [0.5, 0.6) is 11.5 Å². The van der Waals surface area contributed by atoms with Crippen molar-refractivity contribution in [1.29, 1.82) is 0 Å².